The second-order valence-corrected chi connectivity index (χ2v) is 8.54. The lowest BCUT2D eigenvalue weighted by Crippen LogP contribution is -2.26. The van der Waals surface area contributed by atoms with E-state index >= 15 is 0 Å². The van der Waals surface area contributed by atoms with E-state index in [9.17, 15) is 18.8 Å². The highest BCUT2D eigenvalue weighted by Crippen LogP contribution is 2.28. The first kappa shape index (κ1) is 23.2. The van der Waals surface area contributed by atoms with Crippen molar-refractivity contribution in [2.45, 2.75) is 33.6 Å². The Kier molecular flexibility index (Phi) is 6.49. The molecule has 34 heavy (non-hydrogen) atoms. The monoisotopic (exact) mass is 462 g/mol. The van der Waals surface area contributed by atoms with Crippen molar-refractivity contribution < 1.29 is 18.8 Å². The van der Waals surface area contributed by atoms with Crippen molar-refractivity contribution in [3.05, 3.63) is 70.3 Å². The molecule has 0 saturated heterocycles. The molecule has 0 bridgehead atoms. The molecule has 4 rings (SSSR count). The topological polar surface area (TPSA) is 107 Å². The minimum absolute atomic E-state index is 0.0131. The lowest BCUT2D eigenvalue weighted by atomic mass is 10.0. The van der Waals surface area contributed by atoms with Crippen molar-refractivity contribution in [1.29, 1.82) is 0 Å². The van der Waals surface area contributed by atoms with Gasteiger partial charge in [-0.15, -0.1) is 0 Å². The Morgan fingerprint density at radius 1 is 0.941 bits per heavy atom. The molecule has 2 aromatic carbocycles. The van der Waals surface area contributed by atoms with Crippen molar-refractivity contribution in [3.8, 4) is 0 Å². The molecule has 0 saturated carbocycles. The number of H-pyrrole nitrogens is 2. The van der Waals surface area contributed by atoms with Crippen LogP contribution in [0.15, 0.2) is 36.4 Å². The molecule has 2 aromatic heterocycles. The van der Waals surface area contributed by atoms with Crippen LogP contribution in [0, 0.1) is 19.7 Å². The molecule has 0 atom stereocenters. The first-order chi connectivity index (χ1) is 16.2. The summed E-state index contributed by atoms with van der Waals surface area (Å²) in [5.41, 5.74) is 4.95. The molecule has 7 nitrogen and oxygen atoms in total. The molecule has 0 aliphatic heterocycles. The molecule has 0 fully saturated rings. The molecule has 2 heterocycles. The van der Waals surface area contributed by atoms with Crippen LogP contribution in [0.5, 0.6) is 0 Å². The fraction of sp³-hybridized carbons (Fsp3) is 0.269. The average Bonchev–Trinajstić information content (AvgIpc) is 3.37. The molecule has 176 valence electrons. The summed E-state index contributed by atoms with van der Waals surface area (Å²) in [4.78, 5) is 42.2. The molecule has 0 radical (unpaired) electrons. The SMILES string of the molecule is CC(=O)CCNC(=O)c1ccc2[nH]c(C(=O)NCCc3c(C)[nH]c4c(F)ccc(C)c34)cc2c1. The van der Waals surface area contributed by atoms with E-state index in [2.05, 4.69) is 20.6 Å². The summed E-state index contributed by atoms with van der Waals surface area (Å²) in [5, 5.41) is 7.23. The van der Waals surface area contributed by atoms with Gasteiger partial charge < -0.3 is 20.6 Å². The third-order valence-corrected chi connectivity index (χ3v) is 5.98. The molecule has 4 N–H and O–H groups in total. The van der Waals surface area contributed by atoms with Crippen LogP contribution in [0.4, 0.5) is 4.39 Å². The number of amides is 2. The summed E-state index contributed by atoms with van der Waals surface area (Å²) in [5.74, 6) is -0.802. The summed E-state index contributed by atoms with van der Waals surface area (Å²) in [6.45, 7) is 6.00. The molecule has 4 aromatic rings. The number of ketones is 1. The third kappa shape index (κ3) is 4.71. The Hall–Kier alpha value is -3.94. The van der Waals surface area contributed by atoms with Crippen LogP contribution in [0.25, 0.3) is 21.8 Å². The number of aromatic nitrogens is 2. The highest BCUT2D eigenvalue weighted by Gasteiger charge is 2.15. The van der Waals surface area contributed by atoms with Crippen molar-refractivity contribution in [3.63, 3.8) is 0 Å². The van der Waals surface area contributed by atoms with Gasteiger partial charge in [-0.3, -0.25) is 14.4 Å². The summed E-state index contributed by atoms with van der Waals surface area (Å²) in [6, 6.07) is 10.0. The number of halogens is 1. The molecular weight excluding hydrogens is 435 g/mol. The maximum absolute atomic E-state index is 14.2. The molecule has 8 heteroatoms. The first-order valence-electron chi connectivity index (χ1n) is 11.2. The van der Waals surface area contributed by atoms with E-state index in [1.54, 1.807) is 30.3 Å². The molecule has 2 amide bonds. The van der Waals surface area contributed by atoms with Crippen LogP contribution in [-0.2, 0) is 11.2 Å². The van der Waals surface area contributed by atoms with Gasteiger partial charge in [0.05, 0.1) is 5.52 Å². The number of hydrogen-bond donors (Lipinski definition) is 4. The molecule has 0 unspecified atom stereocenters. The van der Waals surface area contributed by atoms with E-state index in [0.717, 1.165) is 33.1 Å². The second-order valence-electron chi connectivity index (χ2n) is 8.54. The predicted octanol–water partition coefficient (Wildman–Crippen LogP) is 4.09. The lowest BCUT2D eigenvalue weighted by Gasteiger charge is -2.06. The molecule has 0 aliphatic carbocycles. The maximum atomic E-state index is 14.2. The van der Waals surface area contributed by atoms with Gasteiger partial charge in [-0.2, -0.15) is 0 Å². The van der Waals surface area contributed by atoms with Crippen LogP contribution >= 0.6 is 0 Å². The van der Waals surface area contributed by atoms with Crippen molar-refractivity contribution in [2.24, 2.45) is 0 Å². The predicted molar refractivity (Wildman–Crippen MR) is 130 cm³/mol. The summed E-state index contributed by atoms with van der Waals surface area (Å²) in [6.07, 6.45) is 0.849. The van der Waals surface area contributed by atoms with Crippen molar-refractivity contribution >= 4 is 39.4 Å². The van der Waals surface area contributed by atoms with E-state index in [1.165, 1.54) is 13.0 Å². The largest absolute Gasteiger partial charge is 0.356 e. The molecule has 0 spiro atoms. The first-order valence-corrected chi connectivity index (χ1v) is 11.2. The minimum atomic E-state index is -0.288. The zero-order chi connectivity index (χ0) is 24.4. The van der Waals surface area contributed by atoms with E-state index < -0.39 is 0 Å². The maximum Gasteiger partial charge on any atom is 0.267 e. The van der Waals surface area contributed by atoms with Gasteiger partial charge in [0.1, 0.15) is 17.3 Å². The lowest BCUT2D eigenvalue weighted by molar-refractivity contribution is -0.116. The van der Waals surface area contributed by atoms with Crippen LogP contribution in [-0.4, -0.2) is 40.7 Å². The zero-order valence-corrected chi connectivity index (χ0v) is 19.4. The van der Waals surface area contributed by atoms with Gasteiger partial charge in [-0.1, -0.05) is 6.07 Å². The Morgan fingerprint density at radius 2 is 1.71 bits per heavy atom. The van der Waals surface area contributed by atoms with Crippen molar-refractivity contribution in [1.82, 2.24) is 20.6 Å². The minimum Gasteiger partial charge on any atom is -0.356 e. The van der Waals surface area contributed by atoms with Gasteiger partial charge in [-0.05, 0) is 68.7 Å². The van der Waals surface area contributed by atoms with Gasteiger partial charge >= 0.3 is 0 Å². The standard InChI is InChI=1S/C26H27FN4O3/c1-14-4-6-20(27)24-23(14)19(16(3)30-24)9-11-29-26(34)22-13-18-12-17(5-7-21(18)31-22)25(33)28-10-8-15(2)32/h4-7,12-13,30-31H,8-11H2,1-3H3,(H,28,33)(H,29,34). The van der Waals surface area contributed by atoms with E-state index in [1.807, 2.05) is 13.8 Å². The Morgan fingerprint density at radius 3 is 2.47 bits per heavy atom. The number of rotatable bonds is 8. The van der Waals surface area contributed by atoms with Crippen LogP contribution in [0.3, 0.4) is 0 Å². The van der Waals surface area contributed by atoms with E-state index in [0.29, 0.717) is 29.7 Å². The number of carbonyl (C=O) groups excluding carboxylic acids is 3. The highest BCUT2D eigenvalue weighted by atomic mass is 19.1. The number of Topliss-reactive ketones (excluding diaryl/α,β-unsaturated/α-hetero) is 1. The van der Waals surface area contributed by atoms with Gasteiger partial charge in [-0.25, -0.2) is 4.39 Å². The Labute approximate surface area is 196 Å². The van der Waals surface area contributed by atoms with Crippen LogP contribution in [0.1, 0.15) is 51.0 Å². The fourth-order valence-electron chi connectivity index (χ4n) is 4.20. The Bertz CT molecular complexity index is 1420. The second kappa shape index (κ2) is 9.51. The fourth-order valence-corrected chi connectivity index (χ4v) is 4.20. The number of aryl methyl sites for hydroxylation is 2. The number of hydrogen-bond acceptors (Lipinski definition) is 3. The molecule has 0 aliphatic rings. The number of fused-ring (bicyclic) bond motifs is 2. The van der Waals surface area contributed by atoms with Gasteiger partial charge in [0, 0.05) is 47.1 Å². The smallest absolute Gasteiger partial charge is 0.267 e. The van der Waals surface area contributed by atoms with E-state index in [4.69, 9.17) is 0 Å². The number of nitrogens with one attached hydrogen (secondary N) is 4. The summed E-state index contributed by atoms with van der Waals surface area (Å²) in [7, 11) is 0. The highest BCUT2D eigenvalue weighted by molar-refractivity contribution is 6.01. The van der Waals surface area contributed by atoms with Crippen LogP contribution in [0.2, 0.25) is 0 Å². The number of benzene rings is 2. The quantitative estimate of drug-likeness (QED) is 0.317. The van der Waals surface area contributed by atoms with Crippen molar-refractivity contribution in [2.75, 3.05) is 13.1 Å². The number of aromatic amines is 2. The van der Waals surface area contributed by atoms with Gasteiger partial charge in [0.2, 0.25) is 0 Å². The third-order valence-electron chi connectivity index (χ3n) is 5.98. The van der Waals surface area contributed by atoms with E-state index in [-0.39, 0.29) is 36.4 Å². The average molecular weight is 463 g/mol. The van der Waals surface area contributed by atoms with Gasteiger partial charge in [0.25, 0.3) is 11.8 Å². The molecular formula is C26H27FN4O3. The van der Waals surface area contributed by atoms with Gasteiger partial charge in [0.15, 0.2) is 0 Å². The normalized spacial score (nSPS) is 11.2. The summed E-state index contributed by atoms with van der Waals surface area (Å²) >= 11 is 0. The zero-order valence-electron chi connectivity index (χ0n) is 19.4. The Balaban J connectivity index is 1.42. The summed E-state index contributed by atoms with van der Waals surface area (Å²) < 4.78 is 14.2. The van der Waals surface area contributed by atoms with Crippen LogP contribution < -0.4 is 10.6 Å². The number of carbonyl (C=O) groups is 3.